The van der Waals surface area contributed by atoms with E-state index in [1.807, 2.05) is 6.92 Å². The summed E-state index contributed by atoms with van der Waals surface area (Å²) in [4.78, 5) is 4.66. The molecule has 0 spiro atoms. The third-order valence-electron chi connectivity index (χ3n) is 3.52. The molecule has 2 heterocycles. The molecule has 2 aromatic rings. The Hall–Kier alpha value is -1.61. The molecule has 3 rings (SSSR count). The van der Waals surface area contributed by atoms with E-state index in [0.717, 1.165) is 30.0 Å². The summed E-state index contributed by atoms with van der Waals surface area (Å²) < 4.78 is 0. The molecule has 18 heavy (non-hydrogen) atoms. The zero-order valence-corrected chi connectivity index (χ0v) is 10.7. The Morgan fingerprint density at radius 1 is 1.28 bits per heavy atom. The second-order valence-electron chi connectivity index (χ2n) is 5.02. The molecule has 1 aromatic carbocycles. The highest BCUT2D eigenvalue weighted by atomic mass is 15.0. The molecule has 0 saturated carbocycles. The van der Waals surface area contributed by atoms with Crippen LogP contribution in [0.3, 0.4) is 0 Å². The average molecular weight is 241 g/mol. The highest BCUT2D eigenvalue weighted by Gasteiger charge is 2.13. The van der Waals surface area contributed by atoms with Crippen molar-refractivity contribution >= 4 is 16.6 Å². The Bertz CT molecular complexity index is 544. The first-order valence-corrected chi connectivity index (χ1v) is 6.66. The van der Waals surface area contributed by atoms with Gasteiger partial charge in [-0.3, -0.25) is 4.98 Å². The van der Waals surface area contributed by atoms with Crippen LogP contribution in [0.2, 0.25) is 0 Å². The summed E-state index contributed by atoms with van der Waals surface area (Å²) in [6.45, 7) is 4.23. The van der Waals surface area contributed by atoms with Crippen molar-refractivity contribution in [3.05, 3.63) is 36.0 Å². The molecule has 0 amide bonds. The number of para-hydroxylation sites is 1. The number of piperidine rings is 1. The van der Waals surface area contributed by atoms with Gasteiger partial charge in [-0.1, -0.05) is 18.2 Å². The van der Waals surface area contributed by atoms with E-state index in [0.29, 0.717) is 6.04 Å². The summed E-state index contributed by atoms with van der Waals surface area (Å²) in [5, 5.41) is 8.26. The number of hydrogen-bond acceptors (Lipinski definition) is 3. The third kappa shape index (κ3) is 2.31. The number of nitrogens with one attached hydrogen (secondary N) is 2. The number of rotatable bonds is 2. The van der Waals surface area contributed by atoms with Crippen molar-refractivity contribution in [2.75, 3.05) is 18.4 Å². The molecule has 1 fully saturated rings. The van der Waals surface area contributed by atoms with Gasteiger partial charge in [0.15, 0.2) is 0 Å². The molecule has 1 unspecified atom stereocenters. The summed E-state index contributed by atoms with van der Waals surface area (Å²) in [7, 11) is 0. The highest BCUT2D eigenvalue weighted by Crippen LogP contribution is 2.23. The van der Waals surface area contributed by atoms with Crippen LogP contribution in [-0.4, -0.2) is 24.1 Å². The first-order chi connectivity index (χ1) is 8.83. The Balaban J connectivity index is 1.92. The lowest BCUT2D eigenvalue weighted by Crippen LogP contribution is -2.38. The Kier molecular flexibility index (Phi) is 3.15. The zero-order chi connectivity index (χ0) is 12.4. The lowest BCUT2D eigenvalue weighted by molar-refractivity contribution is 0.480. The van der Waals surface area contributed by atoms with Crippen molar-refractivity contribution < 1.29 is 0 Å². The minimum absolute atomic E-state index is 0.520. The van der Waals surface area contributed by atoms with Gasteiger partial charge in [0.1, 0.15) is 0 Å². The molecule has 3 nitrogen and oxygen atoms in total. The molecule has 1 aromatic heterocycles. The summed E-state index contributed by atoms with van der Waals surface area (Å²) in [5.74, 6) is 0. The lowest BCUT2D eigenvalue weighted by Gasteiger charge is -2.25. The monoisotopic (exact) mass is 241 g/mol. The fourth-order valence-corrected chi connectivity index (χ4v) is 2.56. The van der Waals surface area contributed by atoms with Crippen LogP contribution in [0.25, 0.3) is 10.9 Å². The topological polar surface area (TPSA) is 37.0 Å². The molecular weight excluding hydrogens is 222 g/mol. The molecule has 0 radical (unpaired) electrons. The van der Waals surface area contributed by atoms with Gasteiger partial charge in [-0.15, -0.1) is 0 Å². The normalized spacial score (nSPS) is 19.9. The Morgan fingerprint density at radius 3 is 3.06 bits per heavy atom. The maximum Gasteiger partial charge on any atom is 0.0936 e. The van der Waals surface area contributed by atoms with Gasteiger partial charge in [0.2, 0.25) is 0 Å². The van der Waals surface area contributed by atoms with Crippen LogP contribution in [0.4, 0.5) is 5.69 Å². The summed E-state index contributed by atoms with van der Waals surface area (Å²) in [5.41, 5.74) is 3.31. The van der Waals surface area contributed by atoms with Gasteiger partial charge in [0.25, 0.3) is 0 Å². The van der Waals surface area contributed by atoms with Crippen molar-refractivity contribution in [2.24, 2.45) is 0 Å². The van der Waals surface area contributed by atoms with Gasteiger partial charge in [0, 0.05) is 23.7 Å². The average Bonchev–Trinajstić information content (AvgIpc) is 2.41. The minimum atomic E-state index is 0.520. The number of fused-ring (bicyclic) bond motifs is 1. The predicted octanol–water partition coefficient (Wildman–Crippen LogP) is 2.71. The van der Waals surface area contributed by atoms with Crippen LogP contribution in [0.15, 0.2) is 30.3 Å². The number of anilines is 1. The standard InChI is InChI=1S/C15H19N3/c1-11-7-8-12-4-2-6-14(15(12)17-11)18-13-5-3-9-16-10-13/h2,4,6-8,13,16,18H,3,5,9-10H2,1H3. The molecule has 1 atom stereocenters. The van der Waals surface area contributed by atoms with Gasteiger partial charge in [-0.25, -0.2) is 0 Å². The van der Waals surface area contributed by atoms with E-state index in [4.69, 9.17) is 0 Å². The van der Waals surface area contributed by atoms with E-state index in [-0.39, 0.29) is 0 Å². The second-order valence-corrected chi connectivity index (χ2v) is 5.02. The van der Waals surface area contributed by atoms with Crippen molar-refractivity contribution in [1.29, 1.82) is 0 Å². The lowest BCUT2D eigenvalue weighted by atomic mass is 10.1. The molecule has 2 N–H and O–H groups in total. The number of aryl methyl sites for hydroxylation is 1. The SMILES string of the molecule is Cc1ccc2cccc(NC3CCCNC3)c2n1. The van der Waals surface area contributed by atoms with Gasteiger partial charge in [-0.05, 0) is 38.4 Å². The second kappa shape index (κ2) is 4.94. The molecule has 1 aliphatic heterocycles. The minimum Gasteiger partial charge on any atom is -0.379 e. The quantitative estimate of drug-likeness (QED) is 0.849. The van der Waals surface area contributed by atoms with Gasteiger partial charge >= 0.3 is 0 Å². The fraction of sp³-hybridized carbons (Fsp3) is 0.400. The van der Waals surface area contributed by atoms with Crippen LogP contribution < -0.4 is 10.6 Å². The van der Waals surface area contributed by atoms with E-state index < -0.39 is 0 Å². The zero-order valence-electron chi connectivity index (χ0n) is 10.7. The number of pyridine rings is 1. The van der Waals surface area contributed by atoms with Crippen LogP contribution >= 0.6 is 0 Å². The molecule has 94 valence electrons. The number of benzene rings is 1. The fourth-order valence-electron chi connectivity index (χ4n) is 2.56. The van der Waals surface area contributed by atoms with Crippen molar-refractivity contribution in [3.63, 3.8) is 0 Å². The van der Waals surface area contributed by atoms with E-state index in [1.54, 1.807) is 0 Å². The smallest absolute Gasteiger partial charge is 0.0936 e. The largest absolute Gasteiger partial charge is 0.379 e. The van der Waals surface area contributed by atoms with Gasteiger partial charge < -0.3 is 10.6 Å². The van der Waals surface area contributed by atoms with E-state index in [9.17, 15) is 0 Å². The van der Waals surface area contributed by atoms with Crippen molar-refractivity contribution in [1.82, 2.24) is 10.3 Å². The third-order valence-corrected chi connectivity index (χ3v) is 3.52. The summed E-state index contributed by atoms with van der Waals surface area (Å²) >= 11 is 0. The molecule has 3 heteroatoms. The van der Waals surface area contributed by atoms with E-state index >= 15 is 0 Å². The van der Waals surface area contributed by atoms with Gasteiger partial charge in [0.05, 0.1) is 11.2 Å². The van der Waals surface area contributed by atoms with Crippen molar-refractivity contribution in [2.45, 2.75) is 25.8 Å². The molecule has 0 aliphatic carbocycles. The van der Waals surface area contributed by atoms with E-state index in [1.165, 1.54) is 18.2 Å². The summed E-state index contributed by atoms with van der Waals surface area (Å²) in [6.07, 6.45) is 2.48. The molecule has 0 bridgehead atoms. The van der Waals surface area contributed by atoms with Gasteiger partial charge in [-0.2, -0.15) is 0 Å². The first-order valence-electron chi connectivity index (χ1n) is 6.66. The Morgan fingerprint density at radius 2 is 2.22 bits per heavy atom. The first kappa shape index (κ1) is 11.5. The molecule has 1 saturated heterocycles. The Labute approximate surface area is 108 Å². The molecular formula is C15H19N3. The number of aromatic nitrogens is 1. The van der Waals surface area contributed by atoms with Crippen LogP contribution in [0, 0.1) is 6.92 Å². The maximum absolute atomic E-state index is 4.66. The van der Waals surface area contributed by atoms with Crippen molar-refractivity contribution in [3.8, 4) is 0 Å². The summed E-state index contributed by atoms with van der Waals surface area (Å²) in [6, 6.07) is 11.1. The highest BCUT2D eigenvalue weighted by molar-refractivity contribution is 5.90. The number of hydrogen-bond donors (Lipinski definition) is 2. The maximum atomic E-state index is 4.66. The number of nitrogens with zero attached hydrogens (tertiary/aromatic N) is 1. The van der Waals surface area contributed by atoms with Crippen LogP contribution in [-0.2, 0) is 0 Å². The van der Waals surface area contributed by atoms with Crippen LogP contribution in [0.1, 0.15) is 18.5 Å². The van der Waals surface area contributed by atoms with Crippen LogP contribution in [0.5, 0.6) is 0 Å². The predicted molar refractivity (Wildman–Crippen MR) is 76.0 cm³/mol. The molecule has 1 aliphatic rings. The van der Waals surface area contributed by atoms with E-state index in [2.05, 4.69) is 45.9 Å².